The molecule has 0 rings (SSSR count). The highest BCUT2D eigenvalue weighted by molar-refractivity contribution is 5.72. The second kappa shape index (κ2) is 6.99. The minimum Gasteiger partial charge on any atom is -0.481 e. The van der Waals surface area contributed by atoms with Crippen LogP contribution in [0.2, 0.25) is 0 Å². The quantitative estimate of drug-likeness (QED) is 0.516. The zero-order valence-corrected chi connectivity index (χ0v) is 8.36. The molecule has 80 valence electrons. The maximum Gasteiger partial charge on any atom is 0.596 e. The lowest BCUT2D eigenvalue weighted by molar-refractivity contribution is -0.390. The van der Waals surface area contributed by atoms with E-state index in [1.54, 1.807) is 13.8 Å². The number of carbonyl (C=O) groups is 2. The van der Waals surface area contributed by atoms with Crippen molar-refractivity contribution in [3.8, 4) is 0 Å². The van der Waals surface area contributed by atoms with E-state index in [2.05, 4.69) is 9.47 Å². The second-order valence-corrected chi connectivity index (χ2v) is 2.54. The molecule has 0 saturated heterocycles. The van der Waals surface area contributed by atoms with Crippen LogP contribution in [-0.4, -0.2) is 30.1 Å². The fourth-order valence-electron chi connectivity index (χ4n) is 0.576. The summed E-state index contributed by atoms with van der Waals surface area (Å²) in [6, 6.07) is 0. The Morgan fingerprint density at radius 2 is 1.43 bits per heavy atom. The average Bonchev–Trinajstić information content (AvgIpc) is 2.21. The van der Waals surface area contributed by atoms with Gasteiger partial charge >= 0.3 is 12.2 Å². The van der Waals surface area contributed by atoms with Crippen molar-refractivity contribution < 1.29 is 23.8 Å². The molecule has 2 amide bonds. The van der Waals surface area contributed by atoms with E-state index in [0.29, 0.717) is 12.8 Å². The lowest BCUT2D eigenvalue weighted by Gasteiger charge is -2.02. The topological polar surface area (TPSA) is 77.9 Å². The van der Waals surface area contributed by atoms with E-state index >= 15 is 0 Å². The van der Waals surface area contributed by atoms with Gasteiger partial charge in [-0.3, -0.25) is 0 Å². The van der Waals surface area contributed by atoms with Gasteiger partial charge in [0.25, 0.3) is 0 Å². The van der Waals surface area contributed by atoms with Crippen molar-refractivity contribution in [3.63, 3.8) is 0 Å². The summed E-state index contributed by atoms with van der Waals surface area (Å²) in [5, 5.41) is 0. The van der Waals surface area contributed by atoms with Gasteiger partial charge in [0.05, 0.1) is 13.2 Å². The molecule has 0 aliphatic carbocycles. The molecule has 0 aromatic rings. The Morgan fingerprint density at radius 3 is 1.71 bits per heavy atom. The highest BCUT2D eigenvalue weighted by Crippen LogP contribution is 1.93. The van der Waals surface area contributed by atoms with Crippen LogP contribution in [-0.2, 0) is 9.47 Å². The van der Waals surface area contributed by atoms with Gasteiger partial charge in [0.15, 0.2) is 0 Å². The van der Waals surface area contributed by atoms with E-state index in [0.717, 1.165) is 0 Å². The van der Waals surface area contributed by atoms with Crippen LogP contribution < -0.4 is 0 Å². The normalized spacial score (nSPS) is 9.29. The van der Waals surface area contributed by atoms with Gasteiger partial charge in [-0.25, -0.2) is 0 Å². The van der Waals surface area contributed by atoms with E-state index in [-0.39, 0.29) is 17.9 Å². The fraction of sp³-hybridized carbons (Fsp3) is 0.750. The van der Waals surface area contributed by atoms with Crippen LogP contribution in [0.5, 0.6) is 0 Å². The monoisotopic (exact) mass is 202 g/mol. The molecule has 0 heterocycles. The Morgan fingerprint density at radius 1 is 1.07 bits per heavy atom. The van der Waals surface area contributed by atoms with Crippen LogP contribution >= 0.6 is 0 Å². The van der Waals surface area contributed by atoms with Gasteiger partial charge in [-0.1, -0.05) is 13.8 Å². The summed E-state index contributed by atoms with van der Waals surface area (Å²) in [5.41, 5.74) is 8.92. The van der Waals surface area contributed by atoms with E-state index in [1.807, 2.05) is 0 Å². The standard InChI is InChI=1S/C8H14N2O4/c1-3-5-13-7(11)10(9)8(12)14-6-4-2/h3-6H2,1-2H3. The second-order valence-electron chi connectivity index (χ2n) is 2.54. The number of amides is 2. The van der Waals surface area contributed by atoms with Crippen molar-refractivity contribution in [2.45, 2.75) is 26.7 Å². The molecule has 0 unspecified atom stereocenters. The zero-order valence-electron chi connectivity index (χ0n) is 8.36. The summed E-state index contributed by atoms with van der Waals surface area (Å²) in [6.45, 7) is 3.89. The average molecular weight is 202 g/mol. The SMILES string of the molecule is CCCOC(=O)[N+](=[N-])C(=O)OCCC. The van der Waals surface area contributed by atoms with Gasteiger partial charge < -0.3 is 15.0 Å². The van der Waals surface area contributed by atoms with Crippen LogP contribution in [0, 0.1) is 0 Å². The number of hydrogen-bond acceptors (Lipinski definition) is 4. The van der Waals surface area contributed by atoms with Crippen molar-refractivity contribution in [2.75, 3.05) is 13.2 Å². The molecule has 0 bridgehead atoms. The number of hydrogen-bond donors (Lipinski definition) is 0. The lowest BCUT2D eigenvalue weighted by Crippen LogP contribution is -2.26. The molecule has 0 radical (unpaired) electrons. The molecule has 0 aromatic carbocycles. The number of ether oxygens (including phenoxy) is 2. The number of rotatable bonds is 4. The predicted molar refractivity (Wildman–Crippen MR) is 46.9 cm³/mol. The third kappa shape index (κ3) is 4.54. The highest BCUT2D eigenvalue weighted by Gasteiger charge is 2.24. The van der Waals surface area contributed by atoms with Crippen molar-refractivity contribution in [1.82, 2.24) is 0 Å². The molecule has 14 heavy (non-hydrogen) atoms. The van der Waals surface area contributed by atoms with Crippen molar-refractivity contribution in [3.05, 3.63) is 5.53 Å². The summed E-state index contributed by atoms with van der Waals surface area (Å²) >= 11 is 0. The number of nitrogens with zero attached hydrogens (tertiary/aromatic N) is 2. The zero-order chi connectivity index (χ0) is 11.0. The van der Waals surface area contributed by atoms with E-state index in [9.17, 15) is 9.59 Å². The van der Waals surface area contributed by atoms with Gasteiger partial charge in [0.1, 0.15) is 0 Å². The molecule has 0 spiro atoms. The number of imide groups is 1. The summed E-state index contributed by atoms with van der Waals surface area (Å²) in [5.74, 6) is 0. The van der Waals surface area contributed by atoms with Crippen LogP contribution in [0.25, 0.3) is 5.53 Å². The lowest BCUT2D eigenvalue weighted by atomic mass is 10.5. The Kier molecular flexibility index (Phi) is 6.26. The molecule has 0 aliphatic rings. The van der Waals surface area contributed by atoms with Gasteiger partial charge in [-0.05, 0) is 12.8 Å². The van der Waals surface area contributed by atoms with E-state index in [1.165, 1.54) is 0 Å². The largest absolute Gasteiger partial charge is 0.596 e. The maximum atomic E-state index is 10.9. The molecular formula is C8H14N2O4. The first-order chi connectivity index (χ1) is 6.63. The molecule has 6 heteroatoms. The van der Waals surface area contributed by atoms with Gasteiger partial charge in [-0.2, -0.15) is 9.59 Å². The molecular weight excluding hydrogens is 188 g/mol. The molecule has 0 aliphatic heterocycles. The smallest absolute Gasteiger partial charge is 0.481 e. The Balaban J connectivity index is 3.92. The Labute approximate surface area is 82.3 Å². The van der Waals surface area contributed by atoms with Gasteiger partial charge in [0, 0.05) is 0 Å². The van der Waals surface area contributed by atoms with E-state index < -0.39 is 12.2 Å². The first kappa shape index (κ1) is 12.5. The maximum absolute atomic E-state index is 10.9. The minimum atomic E-state index is -1.12. The summed E-state index contributed by atoms with van der Waals surface area (Å²) < 4.78 is 8.81. The fourth-order valence-corrected chi connectivity index (χ4v) is 0.576. The summed E-state index contributed by atoms with van der Waals surface area (Å²) in [4.78, 5) is 21.7. The number of carbonyl (C=O) groups excluding carboxylic acids is 2. The summed E-state index contributed by atoms with van der Waals surface area (Å²) in [7, 11) is 0. The molecule has 0 atom stereocenters. The predicted octanol–water partition coefficient (Wildman–Crippen LogP) is 2.11. The van der Waals surface area contributed by atoms with Crippen LogP contribution in [0.1, 0.15) is 26.7 Å². The highest BCUT2D eigenvalue weighted by atomic mass is 16.6. The van der Waals surface area contributed by atoms with E-state index in [4.69, 9.17) is 5.53 Å². The van der Waals surface area contributed by atoms with Gasteiger partial charge in [0.2, 0.25) is 0 Å². The third-order valence-corrected chi connectivity index (χ3v) is 1.21. The van der Waals surface area contributed by atoms with Crippen molar-refractivity contribution in [2.24, 2.45) is 0 Å². The van der Waals surface area contributed by atoms with Crippen molar-refractivity contribution >= 4 is 12.2 Å². The molecule has 0 aromatic heterocycles. The Hall–Kier alpha value is -1.46. The van der Waals surface area contributed by atoms with Crippen molar-refractivity contribution in [1.29, 1.82) is 0 Å². The Bertz CT molecular complexity index is 205. The summed E-state index contributed by atoms with van der Waals surface area (Å²) in [6.07, 6.45) is -1.01. The first-order valence-electron chi connectivity index (χ1n) is 4.46. The molecule has 0 N–H and O–H groups in total. The van der Waals surface area contributed by atoms with Crippen LogP contribution in [0.4, 0.5) is 9.59 Å². The van der Waals surface area contributed by atoms with Crippen LogP contribution in [0.3, 0.4) is 0 Å². The molecule has 0 saturated carbocycles. The third-order valence-electron chi connectivity index (χ3n) is 1.21. The van der Waals surface area contributed by atoms with Crippen LogP contribution in [0.15, 0.2) is 0 Å². The van der Waals surface area contributed by atoms with Gasteiger partial charge in [-0.15, -0.1) is 4.70 Å². The minimum absolute atomic E-state index is 0.150. The molecule has 6 nitrogen and oxygen atoms in total. The molecule has 0 fully saturated rings. The first-order valence-corrected chi connectivity index (χ1v) is 4.46.